The van der Waals surface area contributed by atoms with Crippen molar-refractivity contribution < 1.29 is 30.3 Å². The zero-order chi connectivity index (χ0) is 25.2. The van der Waals surface area contributed by atoms with Gasteiger partial charge in [0, 0.05) is 62.4 Å². The molecule has 0 saturated carbocycles. The third kappa shape index (κ3) is 4.30. The number of para-hydroxylation sites is 2. The van der Waals surface area contributed by atoms with E-state index in [1.807, 2.05) is 12.3 Å². The molecule has 0 aliphatic heterocycles. The second-order valence-electron chi connectivity index (χ2n) is 8.45. The minimum absolute atomic E-state index is 0. The van der Waals surface area contributed by atoms with E-state index in [-0.39, 0.29) is 20.1 Å². The van der Waals surface area contributed by atoms with Gasteiger partial charge in [-0.3, -0.25) is 0 Å². The molecule has 2 N–H and O–H groups in total. The smallest absolute Gasteiger partial charge is 0.0516 e. The van der Waals surface area contributed by atoms with E-state index in [0.29, 0.717) is 0 Å². The topological polar surface area (TPSA) is 57.8 Å². The molecule has 4 nitrogen and oxygen atoms in total. The SMILES string of the molecule is CO.CO.Cc1cc(-c2[c-]cc3c(c2)c2cccc4c5ccccc5n3c24)ncc1-c1ccccc1.[Ir]. The van der Waals surface area contributed by atoms with Crippen LogP contribution >= 0.6 is 0 Å². The number of aliphatic hydroxyl groups is 2. The number of benzene rings is 4. The van der Waals surface area contributed by atoms with Gasteiger partial charge in [-0.1, -0.05) is 78.2 Å². The van der Waals surface area contributed by atoms with Gasteiger partial charge in [0.1, 0.15) is 0 Å². The second kappa shape index (κ2) is 11.2. The number of hydrogen-bond acceptors (Lipinski definition) is 3. The van der Waals surface area contributed by atoms with Gasteiger partial charge in [0.15, 0.2) is 0 Å². The van der Waals surface area contributed by atoms with Crippen molar-refractivity contribution in [3.63, 3.8) is 0 Å². The molecule has 3 aromatic heterocycles. The molecule has 37 heavy (non-hydrogen) atoms. The number of aliphatic hydroxyl groups excluding tert-OH is 2. The fourth-order valence-corrected chi connectivity index (χ4v) is 5.14. The van der Waals surface area contributed by atoms with Crippen molar-refractivity contribution in [1.29, 1.82) is 0 Å². The summed E-state index contributed by atoms with van der Waals surface area (Å²) in [6.07, 6.45) is 1.98. The Bertz CT molecular complexity index is 1790. The van der Waals surface area contributed by atoms with Crippen LogP contribution in [-0.2, 0) is 20.1 Å². The van der Waals surface area contributed by atoms with Crippen molar-refractivity contribution in [3.8, 4) is 22.4 Å². The monoisotopic (exact) mass is 664 g/mol. The van der Waals surface area contributed by atoms with Crippen LogP contribution in [0, 0.1) is 13.0 Å². The Morgan fingerprint density at radius 1 is 0.703 bits per heavy atom. The first-order valence-electron chi connectivity index (χ1n) is 11.8. The first kappa shape index (κ1) is 26.5. The van der Waals surface area contributed by atoms with Gasteiger partial charge in [0.25, 0.3) is 0 Å². The largest absolute Gasteiger partial charge is 0.400 e. The molecule has 0 spiro atoms. The molecule has 0 atom stereocenters. The van der Waals surface area contributed by atoms with E-state index < -0.39 is 0 Å². The van der Waals surface area contributed by atoms with Crippen LogP contribution in [0.4, 0.5) is 0 Å². The molecule has 0 unspecified atom stereocenters. The van der Waals surface area contributed by atoms with Gasteiger partial charge in [-0.2, -0.15) is 0 Å². The standard InChI is InChI=1S/C30H19N2.2CH4O.Ir/c1-19-16-27(31-18-26(19)20-8-3-2-4-9-20)21-14-15-29-25(17-21)24-12-7-11-23-22-10-5-6-13-28(22)32(29)30(23)24;2*1-2;/h2-13,15-18H,1H3;2*2H,1H3;/q-1;;;. The number of aromatic nitrogens is 2. The average molecular weight is 664 g/mol. The van der Waals surface area contributed by atoms with Crippen molar-refractivity contribution in [3.05, 3.63) is 109 Å². The quantitative estimate of drug-likeness (QED) is 0.198. The van der Waals surface area contributed by atoms with Crippen LogP contribution < -0.4 is 0 Å². The third-order valence-corrected chi connectivity index (χ3v) is 6.63. The second-order valence-corrected chi connectivity index (χ2v) is 8.45. The Hall–Kier alpha value is -3.60. The normalized spacial score (nSPS) is 10.6. The summed E-state index contributed by atoms with van der Waals surface area (Å²) in [4.78, 5) is 4.81. The molecule has 0 amide bonds. The van der Waals surface area contributed by atoms with Crippen LogP contribution in [0.5, 0.6) is 0 Å². The van der Waals surface area contributed by atoms with Gasteiger partial charge < -0.3 is 19.6 Å². The zero-order valence-corrected chi connectivity index (χ0v) is 23.3. The Morgan fingerprint density at radius 3 is 2.08 bits per heavy atom. The van der Waals surface area contributed by atoms with Gasteiger partial charge in [-0.25, -0.2) is 0 Å². The fraction of sp³-hybridized carbons (Fsp3) is 0.0938. The summed E-state index contributed by atoms with van der Waals surface area (Å²) in [5, 5.41) is 19.1. The van der Waals surface area contributed by atoms with E-state index in [4.69, 9.17) is 15.2 Å². The van der Waals surface area contributed by atoms with Crippen molar-refractivity contribution in [2.75, 3.05) is 14.2 Å². The summed E-state index contributed by atoms with van der Waals surface area (Å²) >= 11 is 0. The molecular formula is C32H27IrN2O2-. The summed E-state index contributed by atoms with van der Waals surface area (Å²) in [6.45, 7) is 2.15. The molecule has 0 aliphatic carbocycles. The molecule has 7 rings (SSSR count). The number of nitrogens with zero attached hydrogens (tertiary/aromatic N) is 2. The minimum Gasteiger partial charge on any atom is -0.400 e. The zero-order valence-electron chi connectivity index (χ0n) is 20.9. The van der Waals surface area contributed by atoms with Gasteiger partial charge in [-0.15, -0.1) is 23.8 Å². The predicted molar refractivity (Wildman–Crippen MR) is 150 cm³/mol. The van der Waals surface area contributed by atoms with Crippen LogP contribution in [0.1, 0.15) is 5.56 Å². The first-order chi connectivity index (χ1) is 17.8. The van der Waals surface area contributed by atoms with Crippen LogP contribution in [0.15, 0.2) is 97.2 Å². The maximum atomic E-state index is 7.00. The average Bonchev–Trinajstić information content (AvgIpc) is 3.47. The molecule has 5 heteroatoms. The van der Waals surface area contributed by atoms with E-state index in [2.05, 4.69) is 102 Å². The Balaban J connectivity index is 0.000000613. The van der Waals surface area contributed by atoms with E-state index in [1.54, 1.807) is 0 Å². The van der Waals surface area contributed by atoms with Gasteiger partial charge in [-0.05, 0) is 40.7 Å². The maximum Gasteiger partial charge on any atom is 0.0516 e. The number of aryl methyl sites for hydroxylation is 1. The number of rotatable bonds is 2. The summed E-state index contributed by atoms with van der Waals surface area (Å²) in [7, 11) is 2.00. The minimum atomic E-state index is 0. The van der Waals surface area contributed by atoms with Crippen LogP contribution in [0.3, 0.4) is 0 Å². The van der Waals surface area contributed by atoms with Crippen molar-refractivity contribution >= 4 is 38.1 Å². The van der Waals surface area contributed by atoms with E-state index >= 15 is 0 Å². The Kier molecular flexibility index (Phi) is 8.01. The van der Waals surface area contributed by atoms with Crippen LogP contribution in [0.25, 0.3) is 60.5 Å². The third-order valence-electron chi connectivity index (χ3n) is 6.63. The van der Waals surface area contributed by atoms with E-state index in [0.717, 1.165) is 25.5 Å². The van der Waals surface area contributed by atoms with Gasteiger partial charge in [0.2, 0.25) is 0 Å². The van der Waals surface area contributed by atoms with Gasteiger partial charge in [0.05, 0.1) is 5.52 Å². The van der Waals surface area contributed by atoms with E-state index in [1.165, 1.54) is 54.8 Å². The molecular weight excluding hydrogens is 637 g/mol. The summed E-state index contributed by atoms with van der Waals surface area (Å²) in [6, 6.07) is 35.8. The Morgan fingerprint density at radius 2 is 1.35 bits per heavy atom. The molecule has 0 aliphatic rings. The molecule has 3 heterocycles. The summed E-state index contributed by atoms with van der Waals surface area (Å²) < 4.78 is 2.38. The fourth-order valence-electron chi connectivity index (χ4n) is 5.14. The number of pyridine rings is 1. The van der Waals surface area contributed by atoms with Gasteiger partial charge >= 0.3 is 0 Å². The molecule has 0 saturated heterocycles. The number of fused-ring (bicyclic) bond motifs is 6. The van der Waals surface area contributed by atoms with Crippen molar-refractivity contribution in [2.24, 2.45) is 0 Å². The van der Waals surface area contributed by atoms with Crippen LogP contribution in [0.2, 0.25) is 0 Å². The van der Waals surface area contributed by atoms with E-state index in [9.17, 15) is 0 Å². The van der Waals surface area contributed by atoms with Crippen molar-refractivity contribution in [2.45, 2.75) is 6.92 Å². The Labute approximate surface area is 229 Å². The molecule has 187 valence electrons. The first-order valence-corrected chi connectivity index (χ1v) is 11.8. The van der Waals surface area contributed by atoms with Crippen molar-refractivity contribution in [1.82, 2.24) is 9.38 Å². The molecule has 0 bridgehead atoms. The molecule has 7 aromatic rings. The summed E-state index contributed by atoms with van der Waals surface area (Å²) in [5.41, 5.74) is 9.29. The predicted octanol–water partition coefficient (Wildman–Crippen LogP) is 6.89. The molecule has 0 fully saturated rings. The maximum absolute atomic E-state index is 7.00. The summed E-state index contributed by atoms with van der Waals surface area (Å²) in [5.74, 6) is 0. The number of hydrogen-bond donors (Lipinski definition) is 2. The molecule has 4 aromatic carbocycles. The molecule has 1 radical (unpaired) electrons. The van der Waals surface area contributed by atoms with Crippen LogP contribution in [-0.4, -0.2) is 33.8 Å².